The molecule has 1 aromatic rings. The SMILES string of the molecule is COc1cnc(NCCCOC2CCNCC2)nc1. The molecule has 1 saturated heterocycles. The van der Waals surface area contributed by atoms with Gasteiger partial charge in [0, 0.05) is 13.2 Å². The number of anilines is 1. The van der Waals surface area contributed by atoms with Crippen LogP contribution in [0.4, 0.5) is 5.95 Å². The van der Waals surface area contributed by atoms with Crippen molar-refractivity contribution in [1.29, 1.82) is 0 Å². The smallest absolute Gasteiger partial charge is 0.222 e. The Morgan fingerprint density at radius 1 is 1.32 bits per heavy atom. The molecular weight excluding hydrogens is 244 g/mol. The van der Waals surface area contributed by atoms with Crippen LogP contribution in [0.2, 0.25) is 0 Å². The normalized spacial score (nSPS) is 16.3. The van der Waals surface area contributed by atoms with Gasteiger partial charge in [0.05, 0.1) is 25.6 Å². The zero-order valence-electron chi connectivity index (χ0n) is 11.4. The van der Waals surface area contributed by atoms with Gasteiger partial charge >= 0.3 is 0 Å². The molecule has 2 heterocycles. The number of ether oxygens (including phenoxy) is 2. The fraction of sp³-hybridized carbons (Fsp3) is 0.692. The van der Waals surface area contributed by atoms with E-state index in [2.05, 4.69) is 20.6 Å². The van der Waals surface area contributed by atoms with E-state index in [9.17, 15) is 0 Å². The van der Waals surface area contributed by atoms with Crippen LogP contribution < -0.4 is 15.4 Å². The lowest BCUT2D eigenvalue weighted by atomic mass is 10.1. The van der Waals surface area contributed by atoms with Crippen molar-refractivity contribution in [2.75, 3.05) is 38.7 Å². The summed E-state index contributed by atoms with van der Waals surface area (Å²) in [7, 11) is 1.60. The van der Waals surface area contributed by atoms with Gasteiger partial charge in [0.1, 0.15) is 0 Å². The monoisotopic (exact) mass is 266 g/mol. The van der Waals surface area contributed by atoms with Gasteiger partial charge in [0.15, 0.2) is 5.75 Å². The number of rotatable bonds is 7. The van der Waals surface area contributed by atoms with Crippen LogP contribution in [-0.4, -0.2) is 49.4 Å². The van der Waals surface area contributed by atoms with Gasteiger partial charge in [0.25, 0.3) is 0 Å². The van der Waals surface area contributed by atoms with E-state index < -0.39 is 0 Å². The molecule has 6 nitrogen and oxygen atoms in total. The Balaban J connectivity index is 1.55. The van der Waals surface area contributed by atoms with E-state index in [1.54, 1.807) is 19.5 Å². The van der Waals surface area contributed by atoms with E-state index in [1.807, 2.05) is 0 Å². The second-order valence-electron chi connectivity index (χ2n) is 4.55. The lowest BCUT2D eigenvalue weighted by Gasteiger charge is -2.22. The number of hydrogen-bond donors (Lipinski definition) is 2. The number of hydrogen-bond acceptors (Lipinski definition) is 6. The third-order valence-corrected chi connectivity index (χ3v) is 3.11. The van der Waals surface area contributed by atoms with Gasteiger partial charge in [-0.25, -0.2) is 9.97 Å². The third-order valence-electron chi connectivity index (χ3n) is 3.11. The number of nitrogens with zero attached hydrogens (tertiary/aromatic N) is 2. The Kier molecular flexibility index (Phi) is 5.84. The average Bonchev–Trinajstić information content (AvgIpc) is 2.49. The molecule has 106 valence electrons. The zero-order valence-corrected chi connectivity index (χ0v) is 11.4. The number of methoxy groups -OCH3 is 1. The molecule has 0 bridgehead atoms. The number of aromatic nitrogens is 2. The molecule has 1 aromatic heterocycles. The molecule has 1 aliphatic heterocycles. The molecule has 0 radical (unpaired) electrons. The van der Waals surface area contributed by atoms with Crippen molar-refractivity contribution in [3.63, 3.8) is 0 Å². The van der Waals surface area contributed by atoms with E-state index in [0.29, 0.717) is 17.8 Å². The maximum absolute atomic E-state index is 5.82. The molecule has 19 heavy (non-hydrogen) atoms. The predicted molar refractivity (Wildman–Crippen MR) is 73.5 cm³/mol. The number of nitrogens with one attached hydrogen (secondary N) is 2. The summed E-state index contributed by atoms with van der Waals surface area (Å²) in [5.41, 5.74) is 0. The maximum Gasteiger partial charge on any atom is 0.222 e. The Hall–Kier alpha value is -1.40. The molecule has 0 saturated carbocycles. The minimum absolute atomic E-state index is 0.429. The second kappa shape index (κ2) is 7.91. The van der Waals surface area contributed by atoms with E-state index in [-0.39, 0.29) is 0 Å². The molecule has 0 spiro atoms. The first-order valence-electron chi connectivity index (χ1n) is 6.80. The van der Waals surface area contributed by atoms with Crippen molar-refractivity contribution in [2.24, 2.45) is 0 Å². The summed E-state index contributed by atoms with van der Waals surface area (Å²) in [4.78, 5) is 8.28. The molecule has 2 N–H and O–H groups in total. The van der Waals surface area contributed by atoms with Gasteiger partial charge in [-0.1, -0.05) is 0 Å². The molecule has 1 aliphatic rings. The van der Waals surface area contributed by atoms with Crippen LogP contribution in [0.1, 0.15) is 19.3 Å². The van der Waals surface area contributed by atoms with Gasteiger partial charge in [-0.3, -0.25) is 0 Å². The van der Waals surface area contributed by atoms with Crippen LogP contribution >= 0.6 is 0 Å². The summed E-state index contributed by atoms with van der Waals surface area (Å²) in [6, 6.07) is 0. The standard InChI is InChI=1S/C13H22N4O2/c1-18-12-9-16-13(17-10-12)15-5-2-8-19-11-3-6-14-7-4-11/h9-11,14H,2-8H2,1H3,(H,15,16,17). The fourth-order valence-electron chi connectivity index (χ4n) is 2.00. The first-order valence-corrected chi connectivity index (χ1v) is 6.80. The van der Waals surface area contributed by atoms with Gasteiger partial charge in [-0.15, -0.1) is 0 Å². The Bertz CT molecular complexity index is 352. The first-order chi connectivity index (χ1) is 9.38. The second-order valence-corrected chi connectivity index (χ2v) is 4.55. The molecule has 6 heteroatoms. The van der Waals surface area contributed by atoms with Crippen molar-refractivity contribution < 1.29 is 9.47 Å². The van der Waals surface area contributed by atoms with Crippen LogP contribution in [0.15, 0.2) is 12.4 Å². The highest BCUT2D eigenvalue weighted by Gasteiger charge is 2.12. The van der Waals surface area contributed by atoms with Crippen LogP contribution in [0.25, 0.3) is 0 Å². The molecular formula is C13H22N4O2. The molecule has 0 unspecified atom stereocenters. The molecule has 1 fully saturated rings. The highest BCUT2D eigenvalue weighted by molar-refractivity contribution is 5.26. The summed E-state index contributed by atoms with van der Waals surface area (Å²) < 4.78 is 10.8. The van der Waals surface area contributed by atoms with Crippen LogP contribution in [0.5, 0.6) is 5.75 Å². The van der Waals surface area contributed by atoms with Gasteiger partial charge in [-0.05, 0) is 32.4 Å². The van der Waals surface area contributed by atoms with Crippen LogP contribution in [0, 0.1) is 0 Å². The van der Waals surface area contributed by atoms with Crippen LogP contribution in [0.3, 0.4) is 0 Å². The Morgan fingerprint density at radius 2 is 2.05 bits per heavy atom. The molecule has 0 aliphatic carbocycles. The summed E-state index contributed by atoms with van der Waals surface area (Å²) in [6.45, 7) is 3.75. The molecule has 0 aromatic carbocycles. The fourth-order valence-corrected chi connectivity index (χ4v) is 2.00. The molecule has 2 rings (SSSR count). The summed E-state index contributed by atoms with van der Waals surface area (Å²) in [5, 5.41) is 6.49. The van der Waals surface area contributed by atoms with Crippen molar-refractivity contribution in [3.8, 4) is 5.75 Å². The first kappa shape index (κ1) is 14.0. The predicted octanol–water partition coefficient (Wildman–Crippen LogP) is 1.06. The topological polar surface area (TPSA) is 68.3 Å². The van der Waals surface area contributed by atoms with E-state index >= 15 is 0 Å². The lowest BCUT2D eigenvalue weighted by Crippen LogP contribution is -2.32. The number of piperidine rings is 1. The van der Waals surface area contributed by atoms with Gasteiger partial charge < -0.3 is 20.1 Å². The van der Waals surface area contributed by atoms with Crippen LogP contribution in [-0.2, 0) is 4.74 Å². The molecule has 0 atom stereocenters. The van der Waals surface area contributed by atoms with Crippen molar-refractivity contribution in [1.82, 2.24) is 15.3 Å². The quantitative estimate of drug-likeness (QED) is 0.719. The summed E-state index contributed by atoms with van der Waals surface area (Å²) in [5.74, 6) is 1.29. The minimum atomic E-state index is 0.429. The van der Waals surface area contributed by atoms with Gasteiger partial charge in [-0.2, -0.15) is 0 Å². The van der Waals surface area contributed by atoms with E-state index in [0.717, 1.165) is 45.5 Å². The maximum atomic E-state index is 5.82. The van der Waals surface area contributed by atoms with Crippen molar-refractivity contribution in [2.45, 2.75) is 25.4 Å². The largest absolute Gasteiger partial charge is 0.494 e. The Labute approximate surface area is 113 Å². The highest BCUT2D eigenvalue weighted by atomic mass is 16.5. The van der Waals surface area contributed by atoms with E-state index in [1.165, 1.54) is 0 Å². The Morgan fingerprint density at radius 3 is 2.74 bits per heavy atom. The summed E-state index contributed by atoms with van der Waals surface area (Å²) in [6.07, 6.45) is 6.93. The lowest BCUT2D eigenvalue weighted by molar-refractivity contribution is 0.0329. The van der Waals surface area contributed by atoms with Crippen molar-refractivity contribution in [3.05, 3.63) is 12.4 Å². The molecule has 0 amide bonds. The van der Waals surface area contributed by atoms with E-state index in [4.69, 9.17) is 9.47 Å². The summed E-state index contributed by atoms with van der Waals surface area (Å²) >= 11 is 0. The minimum Gasteiger partial charge on any atom is -0.494 e. The van der Waals surface area contributed by atoms with Gasteiger partial charge in [0.2, 0.25) is 5.95 Å². The highest BCUT2D eigenvalue weighted by Crippen LogP contribution is 2.08. The zero-order chi connectivity index (χ0) is 13.3. The van der Waals surface area contributed by atoms with Crippen molar-refractivity contribution >= 4 is 5.95 Å². The average molecular weight is 266 g/mol. The third kappa shape index (κ3) is 5.00.